The third-order valence-electron chi connectivity index (χ3n) is 0. The average molecular weight is 262 g/mol. The van der Waals surface area contributed by atoms with Crippen LogP contribution in [0.3, 0.4) is 0 Å². The second-order valence-corrected chi connectivity index (χ2v) is 2.34. The van der Waals surface area contributed by atoms with Crippen LogP contribution in [0.5, 0.6) is 0 Å². The summed E-state index contributed by atoms with van der Waals surface area (Å²) in [7, 11) is 1.00. The van der Waals surface area contributed by atoms with E-state index in [9.17, 15) is 0 Å². The molecule has 0 aliphatic heterocycles. The van der Waals surface area contributed by atoms with Crippen molar-refractivity contribution in [2.45, 2.75) is 6.92 Å². The van der Waals surface area contributed by atoms with Gasteiger partial charge in [-0.2, -0.15) is 0 Å². The third-order valence-corrected chi connectivity index (χ3v) is 0. The molecule has 0 rings (SSSR count). The molecule has 3 nitrogen and oxygen atoms in total. The Kier molecular flexibility index (Phi) is 79.4. The number of carboxylic acid groups (broad SMARTS) is 1. The van der Waals surface area contributed by atoms with Gasteiger partial charge in [-0.1, -0.05) is 0 Å². The lowest BCUT2D eigenvalue weighted by Crippen LogP contribution is -1.78. The summed E-state index contributed by atoms with van der Waals surface area (Å²) in [5.74, 6) is -0.833. The van der Waals surface area contributed by atoms with Crippen LogP contribution in [0, 0.1) is 0 Å². The number of aliphatic hydroxyl groups is 1. The van der Waals surface area contributed by atoms with E-state index >= 15 is 0 Å². The standard InChI is InChI=1S/C2H4O2.2CH2Cl2.CH4O/c1-2(3)4;2*2-1-3;1-2/h1H3,(H,3,4);2*1H2;2H,1H3. The molecule has 78 valence electrons. The van der Waals surface area contributed by atoms with Crippen molar-refractivity contribution in [1.82, 2.24) is 0 Å². The first-order valence-electron chi connectivity index (χ1n) is 2.44. The highest BCUT2D eigenvalue weighted by atomic mass is 35.5. The maximum atomic E-state index is 9.00. The van der Waals surface area contributed by atoms with Crippen molar-refractivity contribution in [3.05, 3.63) is 0 Å². The van der Waals surface area contributed by atoms with Gasteiger partial charge in [-0.3, -0.25) is 4.79 Å². The van der Waals surface area contributed by atoms with Gasteiger partial charge in [-0.05, 0) is 0 Å². The van der Waals surface area contributed by atoms with E-state index in [0.29, 0.717) is 0 Å². The first-order valence-corrected chi connectivity index (χ1v) is 4.58. The molecule has 0 fully saturated rings. The Hall–Kier alpha value is 0.590. The minimum atomic E-state index is -0.833. The number of rotatable bonds is 0. The molecule has 0 aromatic carbocycles. The van der Waals surface area contributed by atoms with Gasteiger partial charge in [0.25, 0.3) is 5.97 Å². The Morgan fingerprint density at radius 2 is 1.08 bits per heavy atom. The monoisotopic (exact) mass is 260 g/mol. The minimum absolute atomic E-state index is 0.194. The zero-order valence-electron chi connectivity index (χ0n) is 6.73. The van der Waals surface area contributed by atoms with Crippen molar-refractivity contribution in [2.24, 2.45) is 0 Å². The number of alkyl halides is 4. The van der Waals surface area contributed by atoms with Gasteiger partial charge < -0.3 is 10.2 Å². The molecule has 0 amide bonds. The summed E-state index contributed by atoms with van der Waals surface area (Å²) in [4.78, 5) is 9.00. The molecule has 0 aliphatic carbocycles. The normalized spacial score (nSPS) is 5.58. The smallest absolute Gasteiger partial charge is 0.300 e. The molecule has 0 aromatic heterocycles. The number of aliphatic hydroxyl groups excluding tert-OH is 1. The first kappa shape index (κ1) is 22.9. The van der Waals surface area contributed by atoms with E-state index in [1.54, 1.807) is 0 Å². The predicted octanol–water partition coefficient (Wildman–Crippen LogP) is 2.54. The highest BCUT2D eigenvalue weighted by molar-refractivity contribution is 6.40. The Balaban J connectivity index is -0.0000000368. The summed E-state index contributed by atoms with van der Waals surface area (Å²) in [5.41, 5.74) is 0. The van der Waals surface area contributed by atoms with Crippen LogP contribution in [-0.4, -0.2) is 34.0 Å². The lowest BCUT2D eigenvalue weighted by Gasteiger charge is -1.59. The zero-order chi connectivity index (χ0) is 11.0. The van der Waals surface area contributed by atoms with Gasteiger partial charge >= 0.3 is 0 Å². The van der Waals surface area contributed by atoms with Gasteiger partial charge in [0.2, 0.25) is 0 Å². The van der Waals surface area contributed by atoms with Gasteiger partial charge in [-0.15, -0.1) is 46.4 Å². The molecule has 0 radical (unpaired) electrons. The molecule has 7 heteroatoms. The van der Waals surface area contributed by atoms with Crippen molar-refractivity contribution >= 4 is 52.4 Å². The fourth-order valence-electron chi connectivity index (χ4n) is 0. The lowest BCUT2D eigenvalue weighted by atomic mass is 10.9. The molecule has 0 aliphatic rings. The second-order valence-electron chi connectivity index (χ2n) is 0.721. The number of carbonyl (C=O) groups is 1. The van der Waals surface area contributed by atoms with E-state index in [-0.39, 0.29) is 10.7 Å². The molecule has 0 unspecified atom stereocenters. The molecule has 0 atom stereocenters. The number of halogens is 4. The van der Waals surface area contributed by atoms with Crippen molar-refractivity contribution in [1.29, 1.82) is 0 Å². The molecule has 0 saturated heterocycles. The van der Waals surface area contributed by atoms with Crippen LogP contribution in [0.25, 0.3) is 0 Å². The van der Waals surface area contributed by atoms with Gasteiger partial charge in [-0.25, -0.2) is 0 Å². The first-order chi connectivity index (χ1) is 5.56. The van der Waals surface area contributed by atoms with Gasteiger partial charge in [0, 0.05) is 14.0 Å². The summed E-state index contributed by atoms with van der Waals surface area (Å²) in [6.45, 7) is 1.08. The zero-order valence-corrected chi connectivity index (χ0v) is 9.75. The van der Waals surface area contributed by atoms with Crippen LogP contribution in [0.2, 0.25) is 0 Å². The van der Waals surface area contributed by atoms with E-state index in [1.807, 2.05) is 0 Å². The molecular formula is C5H12Cl4O3. The van der Waals surface area contributed by atoms with E-state index < -0.39 is 5.97 Å². The molecule has 0 spiro atoms. The number of aliphatic carboxylic acids is 1. The molecule has 0 bridgehead atoms. The Morgan fingerprint density at radius 3 is 1.08 bits per heavy atom. The van der Waals surface area contributed by atoms with Crippen molar-refractivity contribution in [2.75, 3.05) is 17.8 Å². The third kappa shape index (κ3) is 2800. The maximum Gasteiger partial charge on any atom is 0.300 e. The van der Waals surface area contributed by atoms with Gasteiger partial charge in [0.05, 0.1) is 10.7 Å². The summed E-state index contributed by atoms with van der Waals surface area (Å²) in [6, 6.07) is 0. The van der Waals surface area contributed by atoms with Crippen LogP contribution in [0.4, 0.5) is 0 Å². The Morgan fingerprint density at radius 1 is 1.08 bits per heavy atom. The Bertz CT molecular complexity index is 56.7. The molecule has 0 aromatic rings. The Labute approximate surface area is 92.2 Å². The van der Waals surface area contributed by atoms with Crippen molar-refractivity contribution in [3.8, 4) is 0 Å². The number of hydrogen-bond acceptors (Lipinski definition) is 2. The highest BCUT2D eigenvalue weighted by Gasteiger charge is 1.65. The van der Waals surface area contributed by atoms with Crippen molar-refractivity contribution in [3.63, 3.8) is 0 Å². The molecule has 2 N–H and O–H groups in total. The van der Waals surface area contributed by atoms with E-state index in [1.165, 1.54) is 0 Å². The summed E-state index contributed by atoms with van der Waals surface area (Å²) in [5, 5.41) is 14.8. The largest absolute Gasteiger partial charge is 0.481 e. The highest BCUT2D eigenvalue weighted by Crippen LogP contribution is 1.73. The number of hydrogen-bond donors (Lipinski definition) is 2. The van der Waals surface area contributed by atoms with Crippen LogP contribution in [0.1, 0.15) is 6.92 Å². The summed E-state index contributed by atoms with van der Waals surface area (Å²) >= 11 is 19.1. The SMILES string of the molecule is CC(=O)O.CO.ClCCl.ClCCl. The fourth-order valence-corrected chi connectivity index (χ4v) is 0. The molecular weight excluding hydrogens is 250 g/mol. The topological polar surface area (TPSA) is 57.5 Å². The van der Waals surface area contributed by atoms with Crippen molar-refractivity contribution < 1.29 is 15.0 Å². The maximum absolute atomic E-state index is 9.00. The predicted molar refractivity (Wildman–Crippen MR) is 54.6 cm³/mol. The summed E-state index contributed by atoms with van der Waals surface area (Å²) in [6.07, 6.45) is 0. The lowest BCUT2D eigenvalue weighted by molar-refractivity contribution is -0.134. The minimum Gasteiger partial charge on any atom is -0.481 e. The second kappa shape index (κ2) is 41.6. The van der Waals surface area contributed by atoms with Gasteiger partial charge in [0.15, 0.2) is 0 Å². The molecule has 0 saturated carbocycles. The quantitative estimate of drug-likeness (QED) is 0.659. The van der Waals surface area contributed by atoms with Crippen LogP contribution >= 0.6 is 46.4 Å². The molecule has 0 heterocycles. The number of carboxylic acids is 1. The average Bonchev–Trinajstić information content (AvgIpc) is 1.92. The van der Waals surface area contributed by atoms with Crippen LogP contribution < -0.4 is 0 Å². The van der Waals surface area contributed by atoms with Crippen LogP contribution in [-0.2, 0) is 4.79 Å². The van der Waals surface area contributed by atoms with E-state index in [4.69, 9.17) is 61.4 Å². The van der Waals surface area contributed by atoms with Gasteiger partial charge in [0.1, 0.15) is 0 Å². The fraction of sp³-hybridized carbons (Fsp3) is 0.800. The molecule has 12 heavy (non-hydrogen) atoms. The van der Waals surface area contributed by atoms with E-state index in [0.717, 1.165) is 14.0 Å². The summed E-state index contributed by atoms with van der Waals surface area (Å²) < 4.78 is 0. The van der Waals surface area contributed by atoms with E-state index in [2.05, 4.69) is 0 Å². The van der Waals surface area contributed by atoms with Crippen LogP contribution in [0.15, 0.2) is 0 Å².